The van der Waals surface area contributed by atoms with Crippen LogP contribution in [0, 0.1) is 42.4 Å². The maximum atomic E-state index is 2.58. The van der Waals surface area contributed by atoms with Gasteiger partial charge in [-0.25, -0.2) is 0 Å². The summed E-state index contributed by atoms with van der Waals surface area (Å²) in [7, 11) is 0. The second-order valence-electron chi connectivity index (χ2n) is 11.9. The average molecular weight is 389 g/mol. The third-order valence-corrected chi connectivity index (χ3v) is 8.71. The molecule has 0 saturated heterocycles. The molecule has 0 aliphatic heterocycles. The van der Waals surface area contributed by atoms with E-state index in [0.29, 0.717) is 28.6 Å². The van der Waals surface area contributed by atoms with Crippen LogP contribution < -0.4 is 0 Å². The maximum absolute atomic E-state index is 2.58. The first-order chi connectivity index (χ1) is 13.5. The number of hydrogen-bond acceptors (Lipinski definition) is 0. The van der Waals surface area contributed by atoms with Crippen LogP contribution in [0.4, 0.5) is 0 Å². The van der Waals surface area contributed by atoms with E-state index < -0.39 is 0 Å². The first-order valence-electron chi connectivity index (χ1n) is 11.6. The Morgan fingerprint density at radius 2 is 1.45 bits per heavy atom. The SMILES string of the molecule is Cc1ccc(C(C)(C)C2C(C(C)(C)C)C(C)C3(CC3)C2c2ccccc2)c(C)c1. The van der Waals surface area contributed by atoms with E-state index in [-0.39, 0.29) is 5.41 Å². The molecule has 2 aliphatic rings. The molecule has 156 valence electrons. The third kappa shape index (κ3) is 3.18. The minimum atomic E-state index is 0.136. The number of rotatable bonds is 3. The Kier molecular flexibility index (Phi) is 4.80. The van der Waals surface area contributed by atoms with Gasteiger partial charge in [0.05, 0.1) is 0 Å². The van der Waals surface area contributed by atoms with Crippen molar-refractivity contribution in [3.05, 3.63) is 70.8 Å². The standard InChI is InChI=1S/C29H40/c1-19-14-15-23(20(2)18-19)28(7,8)26-24(27(4,5)6)21(3)29(16-17-29)25(26)22-12-10-9-11-13-22/h9-15,18,21,24-26H,16-17H2,1-8H3. The van der Waals surface area contributed by atoms with Gasteiger partial charge in [-0.3, -0.25) is 0 Å². The summed E-state index contributed by atoms with van der Waals surface area (Å²) in [5, 5.41) is 0. The van der Waals surface area contributed by atoms with Gasteiger partial charge in [0.1, 0.15) is 0 Å². The highest BCUT2D eigenvalue weighted by atomic mass is 14.7. The summed E-state index contributed by atoms with van der Waals surface area (Å²) in [5.74, 6) is 2.77. The molecular formula is C29H40. The largest absolute Gasteiger partial charge is 0.0622 e. The number of hydrogen-bond donors (Lipinski definition) is 0. The van der Waals surface area contributed by atoms with E-state index in [1.807, 2.05) is 0 Å². The lowest BCUT2D eigenvalue weighted by molar-refractivity contribution is 0.0925. The molecular weight excluding hydrogens is 348 g/mol. The van der Waals surface area contributed by atoms with E-state index in [1.54, 1.807) is 11.1 Å². The monoisotopic (exact) mass is 388 g/mol. The fourth-order valence-corrected chi connectivity index (χ4v) is 7.50. The van der Waals surface area contributed by atoms with Crippen molar-refractivity contribution in [3.63, 3.8) is 0 Å². The summed E-state index contributed by atoms with van der Waals surface area (Å²) in [6.45, 7) is 19.7. The van der Waals surface area contributed by atoms with Gasteiger partial charge < -0.3 is 0 Å². The summed E-state index contributed by atoms with van der Waals surface area (Å²) < 4.78 is 0. The summed E-state index contributed by atoms with van der Waals surface area (Å²) in [5.41, 5.74) is 6.89. The lowest BCUT2D eigenvalue weighted by Crippen LogP contribution is -2.41. The molecule has 0 radical (unpaired) electrons. The molecule has 2 fully saturated rings. The van der Waals surface area contributed by atoms with Crippen molar-refractivity contribution in [1.82, 2.24) is 0 Å². The van der Waals surface area contributed by atoms with Crippen molar-refractivity contribution < 1.29 is 0 Å². The summed E-state index contributed by atoms with van der Waals surface area (Å²) >= 11 is 0. The Hall–Kier alpha value is -1.56. The van der Waals surface area contributed by atoms with Crippen LogP contribution in [0.15, 0.2) is 48.5 Å². The van der Waals surface area contributed by atoms with Crippen LogP contribution >= 0.6 is 0 Å². The van der Waals surface area contributed by atoms with Crippen molar-refractivity contribution in [3.8, 4) is 0 Å². The molecule has 2 aromatic carbocycles. The molecule has 2 saturated carbocycles. The molecule has 0 amide bonds. The van der Waals surface area contributed by atoms with Crippen molar-refractivity contribution in [2.24, 2.45) is 28.6 Å². The van der Waals surface area contributed by atoms with Crippen molar-refractivity contribution in [2.75, 3.05) is 0 Å². The molecule has 0 N–H and O–H groups in total. The summed E-state index contributed by atoms with van der Waals surface area (Å²) in [6, 6.07) is 18.6. The van der Waals surface area contributed by atoms with Gasteiger partial charge in [0.2, 0.25) is 0 Å². The highest BCUT2D eigenvalue weighted by molar-refractivity contribution is 5.40. The van der Waals surface area contributed by atoms with Crippen molar-refractivity contribution in [1.29, 1.82) is 0 Å². The molecule has 0 heteroatoms. The van der Waals surface area contributed by atoms with Gasteiger partial charge in [-0.15, -0.1) is 0 Å². The van der Waals surface area contributed by atoms with Gasteiger partial charge in [-0.2, -0.15) is 0 Å². The zero-order chi connectivity index (χ0) is 21.2. The van der Waals surface area contributed by atoms with E-state index in [2.05, 4.69) is 104 Å². The lowest BCUT2D eigenvalue weighted by Gasteiger charge is -2.46. The van der Waals surface area contributed by atoms with Gasteiger partial charge in [0, 0.05) is 0 Å². The van der Waals surface area contributed by atoms with Crippen LogP contribution in [0.5, 0.6) is 0 Å². The van der Waals surface area contributed by atoms with Crippen LogP contribution in [0.2, 0.25) is 0 Å². The van der Waals surface area contributed by atoms with Crippen molar-refractivity contribution >= 4 is 0 Å². The number of aryl methyl sites for hydroxylation is 2. The van der Waals surface area contributed by atoms with Gasteiger partial charge >= 0.3 is 0 Å². The van der Waals surface area contributed by atoms with Crippen LogP contribution in [-0.2, 0) is 5.41 Å². The summed E-state index contributed by atoms with van der Waals surface area (Å²) in [4.78, 5) is 0. The molecule has 4 unspecified atom stereocenters. The second-order valence-corrected chi connectivity index (χ2v) is 11.9. The molecule has 4 atom stereocenters. The Morgan fingerprint density at radius 1 is 0.828 bits per heavy atom. The zero-order valence-electron chi connectivity index (χ0n) is 19.8. The first-order valence-corrected chi connectivity index (χ1v) is 11.6. The minimum absolute atomic E-state index is 0.136. The Balaban J connectivity index is 1.92. The lowest BCUT2D eigenvalue weighted by atomic mass is 9.58. The highest BCUT2D eigenvalue weighted by Crippen LogP contribution is 2.76. The van der Waals surface area contributed by atoms with Gasteiger partial charge in [0.25, 0.3) is 0 Å². The quantitative estimate of drug-likeness (QED) is 0.498. The van der Waals surface area contributed by atoms with E-state index in [0.717, 1.165) is 5.92 Å². The van der Waals surface area contributed by atoms with E-state index in [4.69, 9.17) is 0 Å². The van der Waals surface area contributed by atoms with Crippen LogP contribution in [-0.4, -0.2) is 0 Å². The predicted molar refractivity (Wildman–Crippen MR) is 125 cm³/mol. The van der Waals surface area contributed by atoms with E-state index in [1.165, 1.54) is 24.0 Å². The zero-order valence-corrected chi connectivity index (χ0v) is 19.8. The third-order valence-electron chi connectivity index (χ3n) is 8.71. The number of benzene rings is 2. The Morgan fingerprint density at radius 3 is 1.97 bits per heavy atom. The topological polar surface area (TPSA) is 0 Å². The Bertz CT molecular complexity index is 876. The molecule has 2 aromatic rings. The van der Waals surface area contributed by atoms with Gasteiger partial charge in [-0.05, 0) is 83.3 Å². The van der Waals surface area contributed by atoms with Crippen LogP contribution in [0.3, 0.4) is 0 Å². The highest BCUT2D eigenvalue weighted by Gasteiger charge is 2.68. The second kappa shape index (κ2) is 6.73. The first kappa shape index (κ1) is 20.7. The average Bonchev–Trinajstić information content (AvgIpc) is 3.36. The molecule has 0 aromatic heterocycles. The fourth-order valence-electron chi connectivity index (χ4n) is 7.50. The van der Waals surface area contributed by atoms with Crippen LogP contribution in [0.25, 0.3) is 0 Å². The van der Waals surface area contributed by atoms with Gasteiger partial charge in [-0.1, -0.05) is 95.6 Å². The van der Waals surface area contributed by atoms with Crippen molar-refractivity contribution in [2.45, 2.75) is 79.6 Å². The maximum Gasteiger partial charge on any atom is -0.00631 e. The fraction of sp³-hybridized carbons (Fsp3) is 0.586. The molecule has 0 nitrogen and oxygen atoms in total. The smallest absolute Gasteiger partial charge is 0.00631 e. The van der Waals surface area contributed by atoms with Gasteiger partial charge in [0.15, 0.2) is 0 Å². The van der Waals surface area contributed by atoms with E-state index in [9.17, 15) is 0 Å². The van der Waals surface area contributed by atoms with E-state index >= 15 is 0 Å². The molecule has 0 heterocycles. The van der Waals surface area contributed by atoms with Crippen LogP contribution in [0.1, 0.15) is 82.6 Å². The minimum Gasteiger partial charge on any atom is -0.0622 e. The summed E-state index contributed by atoms with van der Waals surface area (Å²) in [6.07, 6.45) is 2.81. The molecule has 0 bridgehead atoms. The predicted octanol–water partition coefficient (Wildman–Crippen LogP) is 8.07. The Labute approximate surface area is 179 Å². The molecule has 29 heavy (non-hydrogen) atoms. The molecule has 2 aliphatic carbocycles. The molecule has 4 rings (SSSR count). The molecule has 1 spiro atoms. The normalized spacial score (nSPS) is 28.7.